The predicted octanol–water partition coefficient (Wildman–Crippen LogP) is 0.724. The van der Waals surface area contributed by atoms with Crippen molar-refractivity contribution >= 4 is 17.9 Å². The molecular formula is C12H18N4O5. The molecule has 1 heterocycles. The van der Waals surface area contributed by atoms with Gasteiger partial charge in [0.25, 0.3) is 0 Å². The summed E-state index contributed by atoms with van der Waals surface area (Å²) in [6.07, 6.45) is 0. The molecule has 9 nitrogen and oxygen atoms in total. The highest BCUT2D eigenvalue weighted by Gasteiger charge is 2.23. The fourth-order valence-electron chi connectivity index (χ4n) is 1.46. The van der Waals surface area contributed by atoms with Crippen molar-refractivity contribution in [3.05, 3.63) is 6.07 Å². The van der Waals surface area contributed by atoms with E-state index in [1.807, 2.05) is 0 Å². The monoisotopic (exact) mass is 298 g/mol. The minimum atomic E-state index is -1.12. The number of aromatic nitrogens is 2. The van der Waals surface area contributed by atoms with Crippen LogP contribution in [-0.4, -0.2) is 47.3 Å². The van der Waals surface area contributed by atoms with Crippen LogP contribution in [0.25, 0.3) is 0 Å². The minimum absolute atomic E-state index is 0.0587. The second-order valence-electron chi connectivity index (χ2n) is 4.43. The third kappa shape index (κ3) is 4.79. The van der Waals surface area contributed by atoms with Crippen LogP contribution in [-0.2, 0) is 4.79 Å². The fraction of sp³-hybridized carbons (Fsp3) is 0.500. The maximum Gasteiger partial charge on any atom is 0.326 e. The smallest absolute Gasteiger partial charge is 0.326 e. The molecule has 0 aliphatic rings. The standard InChI is InChI=1S/C12H18N4O5/c1-6(2)9(10(17)18)15-12(19)16-11-13-7(20-3)5-8(14-11)21-4/h5-6,9H,1-4H3,(H,17,18)(H2,13,14,15,16,19)/t9-/m1/s1. The van der Waals surface area contributed by atoms with Gasteiger partial charge in [-0.1, -0.05) is 13.8 Å². The average molecular weight is 298 g/mol. The van der Waals surface area contributed by atoms with Gasteiger partial charge in [-0.25, -0.2) is 9.59 Å². The average Bonchev–Trinajstić information content (AvgIpc) is 2.43. The number of hydrogen-bond donors (Lipinski definition) is 3. The molecule has 0 saturated carbocycles. The van der Waals surface area contributed by atoms with Crippen molar-refractivity contribution < 1.29 is 24.2 Å². The van der Waals surface area contributed by atoms with E-state index in [9.17, 15) is 9.59 Å². The second kappa shape index (κ2) is 7.27. The molecule has 0 radical (unpaired) electrons. The largest absolute Gasteiger partial charge is 0.481 e. The molecule has 1 aromatic rings. The van der Waals surface area contributed by atoms with Crippen LogP contribution in [0.5, 0.6) is 11.8 Å². The van der Waals surface area contributed by atoms with E-state index in [-0.39, 0.29) is 23.6 Å². The molecule has 1 rings (SSSR count). The molecule has 0 aromatic carbocycles. The van der Waals surface area contributed by atoms with Crippen LogP contribution in [0.2, 0.25) is 0 Å². The van der Waals surface area contributed by atoms with E-state index in [0.29, 0.717) is 0 Å². The maximum absolute atomic E-state index is 11.8. The number of amides is 2. The molecule has 0 bridgehead atoms. The molecule has 116 valence electrons. The molecule has 9 heteroatoms. The molecule has 1 aromatic heterocycles. The summed E-state index contributed by atoms with van der Waals surface area (Å²) in [6, 6.07) is -0.305. The van der Waals surface area contributed by atoms with E-state index < -0.39 is 18.0 Å². The summed E-state index contributed by atoms with van der Waals surface area (Å²) in [4.78, 5) is 30.6. The van der Waals surface area contributed by atoms with Gasteiger partial charge in [0.15, 0.2) is 0 Å². The molecule has 0 saturated heterocycles. The lowest BCUT2D eigenvalue weighted by molar-refractivity contribution is -0.140. The number of rotatable bonds is 6. The number of nitrogens with zero attached hydrogens (tertiary/aromatic N) is 2. The van der Waals surface area contributed by atoms with Gasteiger partial charge in [-0.2, -0.15) is 9.97 Å². The Hall–Kier alpha value is -2.58. The van der Waals surface area contributed by atoms with Gasteiger partial charge in [0, 0.05) is 0 Å². The van der Waals surface area contributed by atoms with Crippen LogP contribution >= 0.6 is 0 Å². The third-order valence-corrected chi connectivity index (χ3v) is 2.54. The van der Waals surface area contributed by atoms with Crippen LogP contribution in [0, 0.1) is 5.92 Å². The Morgan fingerprint density at radius 2 is 1.71 bits per heavy atom. The summed E-state index contributed by atoms with van der Waals surface area (Å²) in [5, 5.41) is 13.7. The molecule has 0 unspecified atom stereocenters. The van der Waals surface area contributed by atoms with E-state index in [1.165, 1.54) is 20.3 Å². The predicted molar refractivity (Wildman–Crippen MR) is 73.6 cm³/mol. The Morgan fingerprint density at radius 1 is 1.19 bits per heavy atom. The first-order valence-electron chi connectivity index (χ1n) is 6.14. The van der Waals surface area contributed by atoms with E-state index in [4.69, 9.17) is 14.6 Å². The Kier molecular flexibility index (Phi) is 5.70. The second-order valence-corrected chi connectivity index (χ2v) is 4.43. The summed E-state index contributed by atoms with van der Waals surface area (Å²) < 4.78 is 9.88. The molecular weight excluding hydrogens is 280 g/mol. The topological polar surface area (TPSA) is 123 Å². The first-order chi connectivity index (χ1) is 9.87. The quantitative estimate of drug-likeness (QED) is 0.707. The first-order valence-corrected chi connectivity index (χ1v) is 6.14. The lowest BCUT2D eigenvalue weighted by Crippen LogP contribution is -2.46. The van der Waals surface area contributed by atoms with Crippen LogP contribution in [0.4, 0.5) is 10.7 Å². The Labute approximate surface area is 121 Å². The van der Waals surface area contributed by atoms with Crippen molar-refractivity contribution in [2.75, 3.05) is 19.5 Å². The van der Waals surface area contributed by atoms with Crippen molar-refractivity contribution in [1.82, 2.24) is 15.3 Å². The van der Waals surface area contributed by atoms with Crippen LogP contribution in [0.3, 0.4) is 0 Å². The van der Waals surface area contributed by atoms with Gasteiger partial charge < -0.3 is 19.9 Å². The molecule has 21 heavy (non-hydrogen) atoms. The van der Waals surface area contributed by atoms with Gasteiger partial charge in [-0.3, -0.25) is 5.32 Å². The Morgan fingerprint density at radius 3 is 2.10 bits per heavy atom. The molecule has 1 atom stereocenters. The summed E-state index contributed by atoms with van der Waals surface area (Å²) in [5.74, 6) is -1.04. The third-order valence-electron chi connectivity index (χ3n) is 2.54. The highest BCUT2D eigenvalue weighted by Crippen LogP contribution is 2.17. The van der Waals surface area contributed by atoms with E-state index >= 15 is 0 Å². The number of ether oxygens (including phenoxy) is 2. The van der Waals surface area contributed by atoms with Crippen LogP contribution in [0.15, 0.2) is 6.07 Å². The zero-order chi connectivity index (χ0) is 16.0. The maximum atomic E-state index is 11.8. The summed E-state index contributed by atoms with van der Waals surface area (Å²) in [5.41, 5.74) is 0. The van der Waals surface area contributed by atoms with Crippen molar-refractivity contribution in [2.45, 2.75) is 19.9 Å². The van der Waals surface area contributed by atoms with E-state index in [0.717, 1.165) is 0 Å². The first kappa shape index (κ1) is 16.5. The number of carboxylic acid groups (broad SMARTS) is 1. The fourth-order valence-corrected chi connectivity index (χ4v) is 1.46. The summed E-state index contributed by atoms with van der Waals surface area (Å²) in [7, 11) is 2.82. The Bertz CT molecular complexity index is 498. The van der Waals surface area contributed by atoms with Crippen molar-refractivity contribution in [3.8, 4) is 11.8 Å². The number of methoxy groups -OCH3 is 2. The number of urea groups is 1. The van der Waals surface area contributed by atoms with Crippen molar-refractivity contribution in [3.63, 3.8) is 0 Å². The van der Waals surface area contributed by atoms with Gasteiger partial charge in [0.2, 0.25) is 17.7 Å². The van der Waals surface area contributed by atoms with Gasteiger partial charge in [0.05, 0.1) is 20.3 Å². The highest BCUT2D eigenvalue weighted by molar-refractivity contribution is 5.91. The summed E-state index contributed by atoms with van der Waals surface area (Å²) >= 11 is 0. The Balaban J connectivity index is 2.80. The number of carbonyl (C=O) groups excluding carboxylic acids is 1. The number of nitrogens with one attached hydrogen (secondary N) is 2. The SMILES string of the molecule is COc1cc(OC)nc(NC(=O)N[C@@H](C(=O)O)C(C)C)n1. The highest BCUT2D eigenvalue weighted by atomic mass is 16.5. The summed E-state index contributed by atoms with van der Waals surface area (Å²) in [6.45, 7) is 3.37. The molecule has 2 amide bonds. The van der Waals surface area contributed by atoms with E-state index in [1.54, 1.807) is 13.8 Å². The van der Waals surface area contributed by atoms with Gasteiger partial charge in [0.1, 0.15) is 6.04 Å². The van der Waals surface area contributed by atoms with Gasteiger partial charge in [-0.05, 0) is 5.92 Å². The molecule has 0 fully saturated rings. The van der Waals surface area contributed by atoms with Crippen molar-refractivity contribution in [2.24, 2.45) is 5.92 Å². The number of hydrogen-bond acceptors (Lipinski definition) is 6. The van der Waals surface area contributed by atoms with Crippen LogP contribution < -0.4 is 20.1 Å². The number of carbonyl (C=O) groups is 2. The van der Waals surface area contributed by atoms with Crippen molar-refractivity contribution in [1.29, 1.82) is 0 Å². The molecule has 0 aliphatic heterocycles. The van der Waals surface area contributed by atoms with Gasteiger partial charge >= 0.3 is 12.0 Å². The lowest BCUT2D eigenvalue weighted by Gasteiger charge is -2.17. The zero-order valence-corrected chi connectivity index (χ0v) is 12.2. The normalized spacial score (nSPS) is 11.7. The number of anilines is 1. The van der Waals surface area contributed by atoms with E-state index in [2.05, 4.69) is 20.6 Å². The molecule has 3 N–H and O–H groups in total. The molecule has 0 spiro atoms. The van der Waals surface area contributed by atoms with Gasteiger partial charge in [-0.15, -0.1) is 0 Å². The number of aliphatic carboxylic acids is 1. The lowest BCUT2D eigenvalue weighted by atomic mass is 10.1. The zero-order valence-electron chi connectivity index (χ0n) is 12.2. The minimum Gasteiger partial charge on any atom is -0.481 e. The van der Waals surface area contributed by atoms with Crippen LogP contribution in [0.1, 0.15) is 13.8 Å². The number of carboxylic acids is 1. The molecule has 0 aliphatic carbocycles.